The quantitative estimate of drug-likeness (QED) is 0.518. The number of carbonyl (C=O) groups is 2. The molecule has 0 bridgehead atoms. The van der Waals surface area contributed by atoms with Gasteiger partial charge in [-0.15, -0.1) is 0 Å². The summed E-state index contributed by atoms with van der Waals surface area (Å²) >= 11 is 0. The molecule has 0 fully saturated rings. The van der Waals surface area contributed by atoms with E-state index < -0.39 is 16.2 Å². The van der Waals surface area contributed by atoms with E-state index in [0.717, 1.165) is 12.3 Å². The van der Waals surface area contributed by atoms with Crippen molar-refractivity contribution in [1.29, 1.82) is 0 Å². The van der Waals surface area contributed by atoms with Gasteiger partial charge in [0.1, 0.15) is 12.0 Å². The zero-order valence-electron chi connectivity index (χ0n) is 12.0. The van der Waals surface area contributed by atoms with Crippen LogP contribution in [0.2, 0.25) is 0 Å². The van der Waals surface area contributed by atoms with E-state index in [1.54, 1.807) is 13.8 Å². The summed E-state index contributed by atoms with van der Waals surface area (Å²) in [5, 5.41) is 15.7. The number of aromatic nitrogens is 1. The summed E-state index contributed by atoms with van der Waals surface area (Å²) in [7, 11) is 1.49. The van der Waals surface area contributed by atoms with E-state index in [4.69, 9.17) is 5.73 Å². The van der Waals surface area contributed by atoms with Gasteiger partial charge in [-0.2, -0.15) is 0 Å². The third kappa shape index (κ3) is 3.88. The number of rotatable bonds is 5. The van der Waals surface area contributed by atoms with Crippen LogP contribution < -0.4 is 16.4 Å². The molecule has 0 aliphatic rings. The molecule has 0 aromatic carbocycles. The van der Waals surface area contributed by atoms with Crippen molar-refractivity contribution >= 4 is 23.3 Å². The van der Waals surface area contributed by atoms with Crippen LogP contribution in [0.5, 0.6) is 0 Å². The molecule has 2 amide bonds. The van der Waals surface area contributed by atoms with Crippen molar-refractivity contribution in [3.63, 3.8) is 0 Å². The van der Waals surface area contributed by atoms with Crippen molar-refractivity contribution in [1.82, 2.24) is 15.6 Å². The second-order valence-electron chi connectivity index (χ2n) is 5.03. The lowest BCUT2D eigenvalue weighted by Crippen LogP contribution is -2.43. The maximum Gasteiger partial charge on any atom is 0.288 e. The lowest BCUT2D eigenvalue weighted by atomic mass is 9.92. The van der Waals surface area contributed by atoms with Gasteiger partial charge in [-0.3, -0.25) is 19.7 Å². The molecule has 21 heavy (non-hydrogen) atoms. The molecule has 9 nitrogen and oxygen atoms in total. The van der Waals surface area contributed by atoms with Crippen LogP contribution in [0.3, 0.4) is 0 Å². The molecule has 1 heterocycles. The number of pyridine rings is 1. The molecule has 114 valence electrons. The topological polar surface area (TPSA) is 140 Å². The van der Waals surface area contributed by atoms with Crippen molar-refractivity contribution in [2.24, 2.45) is 5.41 Å². The average Bonchev–Trinajstić information content (AvgIpc) is 2.44. The Balaban J connectivity index is 2.88. The highest BCUT2D eigenvalue weighted by Gasteiger charge is 2.28. The van der Waals surface area contributed by atoms with Crippen LogP contribution in [0.25, 0.3) is 0 Å². The normalized spacial score (nSPS) is 10.8. The Morgan fingerprint density at radius 1 is 1.48 bits per heavy atom. The fourth-order valence-corrected chi connectivity index (χ4v) is 1.56. The number of hydrogen-bond acceptors (Lipinski definition) is 6. The van der Waals surface area contributed by atoms with Gasteiger partial charge in [-0.05, 0) is 13.8 Å². The number of nitrogens with two attached hydrogens (primary N) is 1. The number of nitrogen functional groups attached to an aromatic ring is 1. The Morgan fingerprint density at radius 2 is 2.10 bits per heavy atom. The Labute approximate surface area is 121 Å². The van der Waals surface area contributed by atoms with E-state index in [2.05, 4.69) is 15.6 Å². The molecule has 1 aromatic heterocycles. The van der Waals surface area contributed by atoms with Crippen molar-refractivity contribution in [3.8, 4) is 0 Å². The first-order chi connectivity index (χ1) is 9.69. The molecular formula is C12H17N5O4. The summed E-state index contributed by atoms with van der Waals surface area (Å²) in [6.45, 7) is 3.36. The second kappa shape index (κ2) is 6.16. The zero-order valence-corrected chi connectivity index (χ0v) is 12.0. The van der Waals surface area contributed by atoms with E-state index in [-0.39, 0.29) is 29.5 Å². The van der Waals surface area contributed by atoms with E-state index in [1.807, 2.05) is 0 Å². The second-order valence-corrected chi connectivity index (χ2v) is 5.03. The van der Waals surface area contributed by atoms with Crippen LogP contribution in [0.4, 0.5) is 11.5 Å². The lowest BCUT2D eigenvalue weighted by Gasteiger charge is -2.22. The smallest absolute Gasteiger partial charge is 0.288 e. The van der Waals surface area contributed by atoms with Gasteiger partial charge in [-0.1, -0.05) is 0 Å². The van der Waals surface area contributed by atoms with Crippen molar-refractivity contribution in [2.75, 3.05) is 19.3 Å². The van der Waals surface area contributed by atoms with Crippen LogP contribution in [0, 0.1) is 15.5 Å². The van der Waals surface area contributed by atoms with Gasteiger partial charge in [0.05, 0.1) is 15.9 Å². The predicted molar refractivity (Wildman–Crippen MR) is 75.5 cm³/mol. The first-order valence-corrected chi connectivity index (χ1v) is 6.09. The van der Waals surface area contributed by atoms with E-state index >= 15 is 0 Å². The van der Waals surface area contributed by atoms with Crippen molar-refractivity contribution < 1.29 is 14.5 Å². The molecule has 0 unspecified atom stereocenters. The summed E-state index contributed by atoms with van der Waals surface area (Å²) in [5.74, 6) is -0.982. The highest BCUT2D eigenvalue weighted by atomic mass is 16.6. The largest absolute Gasteiger partial charge is 0.383 e. The molecule has 0 spiro atoms. The van der Waals surface area contributed by atoms with E-state index in [0.29, 0.717) is 0 Å². The molecule has 9 heteroatoms. The summed E-state index contributed by atoms with van der Waals surface area (Å²) in [5.41, 5.74) is 4.28. The summed E-state index contributed by atoms with van der Waals surface area (Å²) in [6.07, 6.45) is 0.973. The lowest BCUT2D eigenvalue weighted by molar-refractivity contribution is -0.385. The Kier molecular flexibility index (Phi) is 4.79. The van der Waals surface area contributed by atoms with Crippen LogP contribution in [-0.2, 0) is 4.79 Å². The molecule has 1 aromatic rings. The first kappa shape index (κ1) is 16.3. The fourth-order valence-electron chi connectivity index (χ4n) is 1.56. The van der Waals surface area contributed by atoms with Gasteiger partial charge in [0.2, 0.25) is 5.91 Å². The van der Waals surface area contributed by atoms with Gasteiger partial charge >= 0.3 is 0 Å². The molecule has 4 N–H and O–H groups in total. The molecule has 0 aliphatic heterocycles. The van der Waals surface area contributed by atoms with Gasteiger partial charge in [-0.25, -0.2) is 4.98 Å². The van der Waals surface area contributed by atoms with Crippen molar-refractivity contribution in [3.05, 3.63) is 27.9 Å². The predicted octanol–water partition coefficient (Wildman–Crippen LogP) is 0.0740. The minimum Gasteiger partial charge on any atom is -0.383 e. The number of nitrogens with one attached hydrogen (secondary N) is 2. The molecule has 1 rings (SSSR count). The third-order valence-electron chi connectivity index (χ3n) is 2.89. The Bertz CT molecular complexity index is 585. The maximum absolute atomic E-state index is 12.0. The highest BCUT2D eigenvalue weighted by Crippen LogP contribution is 2.18. The summed E-state index contributed by atoms with van der Waals surface area (Å²) in [6, 6.07) is 1.05. The SMILES string of the molecule is CNC(=O)C(C)(C)CNC(=O)c1cc([N+](=O)[O-])cnc1N. The van der Waals surface area contributed by atoms with Crippen molar-refractivity contribution in [2.45, 2.75) is 13.8 Å². The first-order valence-electron chi connectivity index (χ1n) is 6.09. The molecule has 0 atom stereocenters. The van der Waals surface area contributed by atoms with E-state index in [9.17, 15) is 19.7 Å². The average molecular weight is 295 g/mol. The molecule has 0 aliphatic carbocycles. The number of carbonyl (C=O) groups excluding carboxylic acids is 2. The molecule has 0 saturated heterocycles. The van der Waals surface area contributed by atoms with E-state index in [1.165, 1.54) is 7.05 Å². The minimum atomic E-state index is -0.826. The summed E-state index contributed by atoms with van der Waals surface area (Å²) in [4.78, 5) is 37.2. The summed E-state index contributed by atoms with van der Waals surface area (Å²) < 4.78 is 0. The number of nitrogens with zero attached hydrogens (tertiary/aromatic N) is 2. The molecule has 0 saturated carbocycles. The van der Waals surface area contributed by atoms with Gasteiger partial charge in [0, 0.05) is 19.7 Å². The number of nitro groups is 1. The zero-order chi connectivity index (χ0) is 16.2. The number of anilines is 1. The monoisotopic (exact) mass is 295 g/mol. The highest BCUT2D eigenvalue weighted by molar-refractivity contribution is 5.99. The maximum atomic E-state index is 12.0. The Morgan fingerprint density at radius 3 is 2.62 bits per heavy atom. The minimum absolute atomic E-state index is 0.0492. The fraction of sp³-hybridized carbons (Fsp3) is 0.417. The number of amides is 2. The van der Waals surface area contributed by atoms with Crippen LogP contribution in [-0.4, -0.2) is 35.3 Å². The van der Waals surface area contributed by atoms with Gasteiger partial charge in [0.25, 0.3) is 11.6 Å². The molecular weight excluding hydrogens is 278 g/mol. The van der Waals surface area contributed by atoms with Crippen LogP contribution in [0.15, 0.2) is 12.3 Å². The standard InChI is InChI=1S/C12H17N5O4/c1-12(2,11(19)14-3)6-16-10(18)8-4-7(17(20)21)5-15-9(8)13/h4-5H,6H2,1-3H3,(H2,13,15)(H,14,19)(H,16,18). The van der Waals surface area contributed by atoms with Gasteiger partial charge < -0.3 is 16.4 Å². The number of hydrogen-bond donors (Lipinski definition) is 3. The van der Waals surface area contributed by atoms with Crippen LogP contribution in [0.1, 0.15) is 24.2 Å². The molecule has 0 radical (unpaired) electrons. The third-order valence-corrected chi connectivity index (χ3v) is 2.89. The van der Waals surface area contributed by atoms with Gasteiger partial charge in [0.15, 0.2) is 0 Å². The Hall–Kier alpha value is -2.71. The van der Waals surface area contributed by atoms with Crippen LogP contribution >= 0.6 is 0 Å².